The Morgan fingerprint density at radius 2 is 1.42 bits per heavy atom. The summed E-state index contributed by atoms with van der Waals surface area (Å²) >= 11 is 0. The van der Waals surface area contributed by atoms with Crippen LogP contribution < -0.4 is 11.1 Å². The number of rotatable bonds is 2. The van der Waals surface area contributed by atoms with Crippen LogP contribution in [0, 0.1) is 0 Å². The van der Waals surface area contributed by atoms with E-state index in [1.165, 1.54) is 16.7 Å². The summed E-state index contributed by atoms with van der Waals surface area (Å²) in [4.78, 5) is 12.6. The predicted molar refractivity (Wildman–Crippen MR) is 107 cm³/mol. The van der Waals surface area contributed by atoms with Gasteiger partial charge in [0, 0.05) is 16.9 Å². The zero-order valence-corrected chi connectivity index (χ0v) is 14.7. The molecule has 3 aromatic carbocycles. The normalized spacial score (nSPS) is 13.1. The number of nitrogen functional groups attached to an aromatic ring is 1. The van der Waals surface area contributed by atoms with Crippen molar-refractivity contribution in [1.82, 2.24) is 0 Å². The van der Waals surface area contributed by atoms with Crippen LogP contribution in [0.2, 0.25) is 0 Å². The molecule has 0 heterocycles. The third-order valence-corrected chi connectivity index (χ3v) is 5.03. The lowest BCUT2D eigenvalue weighted by molar-refractivity contribution is 0.102. The second kappa shape index (κ2) is 7.04. The van der Waals surface area contributed by atoms with Crippen LogP contribution in [0.25, 0.3) is 0 Å². The topological polar surface area (TPSA) is 55.1 Å². The van der Waals surface area contributed by atoms with Gasteiger partial charge < -0.3 is 11.1 Å². The second-order valence-corrected chi connectivity index (χ2v) is 6.84. The van der Waals surface area contributed by atoms with Gasteiger partial charge in [0.05, 0.1) is 0 Å². The van der Waals surface area contributed by atoms with Crippen molar-refractivity contribution in [2.24, 2.45) is 0 Å². The van der Waals surface area contributed by atoms with E-state index in [4.69, 9.17) is 5.73 Å². The maximum Gasteiger partial charge on any atom is 0.255 e. The van der Waals surface area contributed by atoms with Gasteiger partial charge in [-0.05, 0) is 72.2 Å². The van der Waals surface area contributed by atoms with E-state index in [1.54, 1.807) is 0 Å². The van der Waals surface area contributed by atoms with E-state index in [2.05, 4.69) is 41.7 Å². The highest BCUT2D eigenvalue weighted by atomic mass is 16.1. The minimum absolute atomic E-state index is 0.0704. The summed E-state index contributed by atoms with van der Waals surface area (Å²) in [5.41, 5.74) is 13.5. The van der Waals surface area contributed by atoms with Crippen molar-refractivity contribution in [3.63, 3.8) is 0 Å². The minimum Gasteiger partial charge on any atom is -0.398 e. The lowest BCUT2D eigenvalue weighted by Crippen LogP contribution is -2.14. The fraction of sp³-hybridized carbons (Fsp3) is 0.174. The molecule has 0 aliphatic heterocycles. The van der Waals surface area contributed by atoms with Crippen LogP contribution in [-0.4, -0.2) is 5.91 Å². The Kier molecular flexibility index (Phi) is 4.44. The van der Waals surface area contributed by atoms with Crippen molar-refractivity contribution in [1.29, 1.82) is 0 Å². The standard InChI is InChI=1S/C23H22N2O/c24-21-14-16-6-7-17-9-11-19(13-12-18(21)10-8-16)22(15-17)25-23(26)20-4-2-1-3-5-20/h1-5,8-11,14-15H,6-7,12-13,24H2,(H,25,26). The van der Waals surface area contributed by atoms with Crippen molar-refractivity contribution in [2.45, 2.75) is 25.7 Å². The third kappa shape index (κ3) is 3.47. The van der Waals surface area contributed by atoms with Crippen LogP contribution in [0.15, 0.2) is 66.7 Å². The molecule has 0 atom stereocenters. The van der Waals surface area contributed by atoms with Crippen molar-refractivity contribution in [3.8, 4) is 0 Å². The maximum atomic E-state index is 12.6. The number of anilines is 2. The Labute approximate surface area is 153 Å². The van der Waals surface area contributed by atoms with Crippen LogP contribution in [-0.2, 0) is 25.7 Å². The third-order valence-electron chi connectivity index (χ3n) is 5.03. The zero-order valence-electron chi connectivity index (χ0n) is 14.7. The molecule has 0 unspecified atom stereocenters. The van der Waals surface area contributed by atoms with Crippen LogP contribution in [0.4, 0.5) is 11.4 Å². The molecule has 130 valence electrons. The van der Waals surface area contributed by atoms with Gasteiger partial charge >= 0.3 is 0 Å². The number of nitrogens with one attached hydrogen (secondary N) is 1. The first-order chi connectivity index (χ1) is 12.7. The number of hydrogen-bond acceptors (Lipinski definition) is 2. The quantitative estimate of drug-likeness (QED) is 0.678. The van der Waals surface area contributed by atoms with E-state index in [0.717, 1.165) is 42.6 Å². The molecule has 3 nitrogen and oxygen atoms in total. The van der Waals surface area contributed by atoms with Crippen molar-refractivity contribution >= 4 is 17.3 Å². The van der Waals surface area contributed by atoms with Crippen LogP contribution in [0.3, 0.4) is 0 Å². The van der Waals surface area contributed by atoms with Crippen LogP contribution in [0.5, 0.6) is 0 Å². The molecular weight excluding hydrogens is 320 g/mol. The van der Waals surface area contributed by atoms with Crippen molar-refractivity contribution in [3.05, 3.63) is 94.5 Å². The molecule has 3 N–H and O–H groups in total. The molecule has 0 radical (unpaired) electrons. The molecule has 4 aliphatic rings. The van der Waals surface area contributed by atoms with E-state index in [9.17, 15) is 4.79 Å². The van der Waals surface area contributed by atoms with E-state index in [0.29, 0.717) is 5.56 Å². The Balaban J connectivity index is 1.65. The molecule has 0 fully saturated rings. The summed E-state index contributed by atoms with van der Waals surface area (Å²) in [5.74, 6) is -0.0704. The number of aryl methyl sites for hydroxylation is 4. The van der Waals surface area contributed by atoms with E-state index < -0.39 is 0 Å². The number of carbonyl (C=O) groups is 1. The first kappa shape index (κ1) is 16.4. The summed E-state index contributed by atoms with van der Waals surface area (Å²) in [6.45, 7) is 0. The van der Waals surface area contributed by atoms with Gasteiger partial charge in [0.25, 0.3) is 5.91 Å². The van der Waals surface area contributed by atoms with E-state index in [1.807, 2.05) is 30.3 Å². The first-order valence-electron chi connectivity index (χ1n) is 9.04. The molecule has 0 saturated heterocycles. The molecule has 4 aliphatic carbocycles. The fourth-order valence-corrected chi connectivity index (χ4v) is 3.48. The largest absolute Gasteiger partial charge is 0.398 e. The van der Waals surface area contributed by atoms with Gasteiger partial charge in [-0.25, -0.2) is 0 Å². The molecular formula is C23H22N2O. The molecule has 4 bridgehead atoms. The highest BCUT2D eigenvalue weighted by Gasteiger charge is 2.12. The summed E-state index contributed by atoms with van der Waals surface area (Å²) in [5, 5.41) is 3.11. The molecule has 0 spiro atoms. The Morgan fingerprint density at radius 3 is 2.15 bits per heavy atom. The van der Waals surface area contributed by atoms with Gasteiger partial charge in [0.15, 0.2) is 0 Å². The maximum absolute atomic E-state index is 12.6. The molecule has 3 heteroatoms. The second-order valence-electron chi connectivity index (χ2n) is 6.84. The smallest absolute Gasteiger partial charge is 0.255 e. The Bertz CT molecular complexity index is 948. The molecule has 3 aromatic rings. The van der Waals surface area contributed by atoms with Crippen molar-refractivity contribution < 1.29 is 4.79 Å². The van der Waals surface area contributed by atoms with Gasteiger partial charge in [0.1, 0.15) is 0 Å². The monoisotopic (exact) mass is 342 g/mol. The number of carbonyl (C=O) groups excluding carboxylic acids is 1. The number of benzene rings is 3. The highest BCUT2D eigenvalue weighted by molar-refractivity contribution is 6.04. The summed E-state index contributed by atoms with van der Waals surface area (Å²) in [6, 6.07) is 22.2. The highest BCUT2D eigenvalue weighted by Crippen LogP contribution is 2.25. The van der Waals surface area contributed by atoms with Gasteiger partial charge in [-0.1, -0.05) is 42.5 Å². The first-order valence-corrected chi connectivity index (χ1v) is 9.04. The average Bonchev–Trinajstić information content (AvgIpc) is 2.65. The zero-order chi connectivity index (χ0) is 17.9. The lowest BCUT2D eigenvalue weighted by Gasteiger charge is -2.16. The molecule has 26 heavy (non-hydrogen) atoms. The molecule has 0 saturated carbocycles. The van der Waals surface area contributed by atoms with Crippen molar-refractivity contribution in [2.75, 3.05) is 11.1 Å². The minimum atomic E-state index is -0.0704. The van der Waals surface area contributed by atoms with Gasteiger partial charge in [-0.15, -0.1) is 0 Å². The van der Waals surface area contributed by atoms with Gasteiger partial charge in [-0.3, -0.25) is 4.79 Å². The molecule has 1 amide bonds. The summed E-state index contributed by atoms with van der Waals surface area (Å²) in [6.07, 6.45) is 3.57. The molecule has 7 rings (SSSR count). The Hall–Kier alpha value is -3.07. The number of nitrogens with two attached hydrogens (primary N) is 1. The predicted octanol–water partition coefficient (Wildman–Crippen LogP) is 4.40. The number of hydrogen-bond donors (Lipinski definition) is 2. The Morgan fingerprint density at radius 1 is 0.769 bits per heavy atom. The van der Waals surface area contributed by atoms with Gasteiger partial charge in [0.2, 0.25) is 0 Å². The lowest BCUT2D eigenvalue weighted by atomic mass is 9.94. The van der Waals surface area contributed by atoms with E-state index in [-0.39, 0.29) is 5.91 Å². The van der Waals surface area contributed by atoms with Crippen LogP contribution >= 0.6 is 0 Å². The molecule has 0 aromatic heterocycles. The average molecular weight is 342 g/mol. The van der Waals surface area contributed by atoms with Gasteiger partial charge in [-0.2, -0.15) is 0 Å². The summed E-state index contributed by atoms with van der Waals surface area (Å²) < 4.78 is 0. The SMILES string of the molecule is Nc1cc2ccc1CCc1ccc(cc1NC(=O)c1ccccc1)CC2. The van der Waals surface area contributed by atoms with Crippen LogP contribution in [0.1, 0.15) is 32.6 Å². The summed E-state index contributed by atoms with van der Waals surface area (Å²) in [7, 11) is 0. The fourth-order valence-electron chi connectivity index (χ4n) is 3.48. The number of amides is 1. The van der Waals surface area contributed by atoms with E-state index >= 15 is 0 Å².